The maximum atomic E-state index is 11.2. The molecule has 0 aromatic heterocycles. The van der Waals surface area contributed by atoms with Crippen molar-refractivity contribution >= 4 is 28.4 Å². The van der Waals surface area contributed by atoms with E-state index in [9.17, 15) is 4.79 Å². The maximum absolute atomic E-state index is 11.2. The lowest BCUT2D eigenvalue weighted by molar-refractivity contribution is 0.112. The Morgan fingerprint density at radius 2 is 1.50 bits per heavy atom. The molecule has 0 bridgehead atoms. The van der Waals surface area contributed by atoms with Gasteiger partial charge < -0.3 is 0 Å². The largest absolute Gasteiger partial charge is 0.298 e. The van der Waals surface area contributed by atoms with Gasteiger partial charge in [0.15, 0.2) is 6.29 Å². The highest BCUT2D eigenvalue weighted by Crippen LogP contribution is 2.30. The van der Waals surface area contributed by atoms with Gasteiger partial charge in [-0.3, -0.25) is 4.79 Å². The summed E-state index contributed by atoms with van der Waals surface area (Å²) in [6.45, 7) is 0. The van der Waals surface area contributed by atoms with Gasteiger partial charge in [0.25, 0.3) is 0 Å². The lowest BCUT2D eigenvalue weighted by Gasteiger charge is -2.03. The summed E-state index contributed by atoms with van der Waals surface area (Å²) in [5.41, 5.74) is 1.92. The number of aldehydes is 1. The van der Waals surface area contributed by atoms with Crippen LogP contribution in [-0.2, 0) is 0 Å². The molecular formula is C17H12N2O. The van der Waals surface area contributed by atoms with Crippen LogP contribution in [0.5, 0.6) is 0 Å². The number of fused-ring (bicyclic) bond motifs is 1. The molecule has 0 spiro atoms. The van der Waals surface area contributed by atoms with Crippen LogP contribution in [-0.4, -0.2) is 6.29 Å². The molecule has 0 saturated heterocycles. The first kappa shape index (κ1) is 12.2. The van der Waals surface area contributed by atoms with Gasteiger partial charge in [0.2, 0.25) is 0 Å². The fourth-order valence-corrected chi connectivity index (χ4v) is 2.08. The summed E-state index contributed by atoms with van der Waals surface area (Å²) in [5, 5.41) is 10.4. The summed E-state index contributed by atoms with van der Waals surface area (Å²) in [5.74, 6) is 0. The van der Waals surface area contributed by atoms with Gasteiger partial charge in [-0.2, -0.15) is 5.11 Å². The molecule has 0 atom stereocenters. The van der Waals surface area contributed by atoms with Gasteiger partial charge in [0.1, 0.15) is 5.69 Å². The fraction of sp³-hybridized carbons (Fsp3) is 0. The van der Waals surface area contributed by atoms with Crippen LogP contribution in [0.1, 0.15) is 10.4 Å². The number of benzene rings is 3. The average molecular weight is 260 g/mol. The molecule has 0 N–H and O–H groups in total. The number of azo groups is 1. The molecule has 0 aliphatic carbocycles. The van der Waals surface area contributed by atoms with E-state index in [0.717, 1.165) is 22.7 Å². The lowest BCUT2D eigenvalue weighted by Crippen LogP contribution is -1.82. The zero-order valence-electron chi connectivity index (χ0n) is 10.7. The third-order valence-corrected chi connectivity index (χ3v) is 3.08. The zero-order chi connectivity index (χ0) is 13.8. The van der Waals surface area contributed by atoms with Crippen LogP contribution in [0.2, 0.25) is 0 Å². The SMILES string of the molecule is O=Cc1ccc2ccccc2c1N=Nc1ccccc1. The van der Waals surface area contributed by atoms with Crippen molar-refractivity contribution < 1.29 is 4.79 Å². The first-order valence-corrected chi connectivity index (χ1v) is 6.32. The van der Waals surface area contributed by atoms with Crippen LogP contribution >= 0.6 is 0 Å². The number of carbonyl (C=O) groups is 1. The molecule has 0 saturated carbocycles. The van der Waals surface area contributed by atoms with Crippen molar-refractivity contribution in [1.82, 2.24) is 0 Å². The van der Waals surface area contributed by atoms with Crippen LogP contribution in [0.15, 0.2) is 77.0 Å². The van der Waals surface area contributed by atoms with Crippen molar-refractivity contribution in [3.8, 4) is 0 Å². The Morgan fingerprint density at radius 3 is 2.30 bits per heavy atom. The first-order chi connectivity index (χ1) is 9.88. The number of rotatable bonds is 3. The molecule has 0 unspecified atom stereocenters. The Bertz CT molecular complexity index is 779. The van der Waals surface area contributed by atoms with Crippen LogP contribution in [0.4, 0.5) is 11.4 Å². The van der Waals surface area contributed by atoms with E-state index >= 15 is 0 Å². The quantitative estimate of drug-likeness (QED) is 0.479. The molecular weight excluding hydrogens is 248 g/mol. The minimum Gasteiger partial charge on any atom is -0.298 e. The predicted octanol–water partition coefficient (Wildman–Crippen LogP) is 5.07. The van der Waals surface area contributed by atoms with Crippen molar-refractivity contribution in [2.24, 2.45) is 10.2 Å². The standard InChI is InChI=1S/C17H12N2O/c20-12-14-11-10-13-6-4-5-9-16(13)17(14)19-18-15-7-2-1-3-8-15/h1-12H. The molecule has 3 rings (SSSR count). The molecule has 0 aliphatic heterocycles. The summed E-state index contributed by atoms with van der Waals surface area (Å²) in [6, 6.07) is 21.0. The first-order valence-electron chi connectivity index (χ1n) is 6.32. The van der Waals surface area contributed by atoms with Gasteiger partial charge in [-0.05, 0) is 23.6 Å². The molecule has 3 aromatic rings. The van der Waals surface area contributed by atoms with Gasteiger partial charge in [-0.15, -0.1) is 5.11 Å². The molecule has 3 heteroatoms. The molecule has 0 heterocycles. The second-order valence-corrected chi connectivity index (χ2v) is 4.38. The number of carbonyl (C=O) groups excluding carboxylic acids is 1. The van der Waals surface area contributed by atoms with E-state index in [4.69, 9.17) is 0 Å². The van der Waals surface area contributed by atoms with Crippen LogP contribution in [0, 0.1) is 0 Å². The number of nitrogens with zero attached hydrogens (tertiary/aromatic N) is 2. The lowest BCUT2D eigenvalue weighted by atomic mass is 10.1. The second-order valence-electron chi connectivity index (χ2n) is 4.38. The average Bonchev–Trinajstić information content (AvgIpc) is 2.53. The second kappa shape index (κ2) is 5.45. The van der Waals surface area contributed by atoms with E-state index in [0.29, 0.717) is 11.3 Å². The van der Waals surface area contributed by atoms with Crippen molar-refractivity contribution in [1.29, 1.82) is 0 Å². The smallest absolute Gasteiger partial charge is 0.152 e. The van der Waals surface area contributed by atoms with Gasteiger partial charge in [-0.1, -0.05) is 48.5 Å². The molecule has 0 aliphatic rings. The van der Waals surface area contributed by atoms with Gasteiger partial charge >= 0.3 is 0 Å². The van der Waals surface area contributed by atoms with E-state index in [1.54, 1.807) is 6.07 Å². The molecule has 20 heavy (non-hydrogen) atoms. The Morgan fingerprint density at radius 1 is 0.750 bits per heavy atom. The van der Waals surface area contributed by atoms with Gasteiger partial charge in [0.05, 0.1) is 5.69 Å². The Hall–Kier alpha value is -2.81. The molecule has 96 valence electrons. The Kier molecular flexibility index (Phi) is 3.33. The van der Waals surface area contributed by atoms with Crippen molar-refractivity contribution in [2.45, 2.75) is 0 Å². The van der Waals surface area contributed by atoms with Crippen LogP contribution in [0.25, 0.3) is 10.8 Å². The molecule has 0 radical (unpaired) electrons. The van der Waals surface area contributed by atoms with Crippen molar-refractivity contribution in [3.63, 3.8) is 0 Å². The normalized spacial score (nSPS) is 11.0. The topological polar surface area (TPSA) is 41.8 Å². The molecule has 3 aromatic carbocycles. The minimum absolute atomic E-state index is 0.545. The monoisotopic (exact) mass is 260 g/mol. The highest BCUT2D eigenvalue weighted by Gasteiger charge is 2.06. The fourth-order valence-electron chi connectivity index (χ4n) is 2.08. The van der Waals surface area contributed by atoms with E-state index in [2.05, 4.69) is 10.2 Å². The third kappa shape index (κ3) is 2.34. The summed E-state index contributed by atoms with van der Waals surface area (Å²) in [7, 11) is 0. The highest BCUT2D eigenvalue weighted by molar-refractivity contribution is 6.00. The summed E-state index contributed by atoms with van der Waals surface area (Å²) >= 11 is 0. The van der Waals surface area contributed by atoms with E-state index in [1.807, 2.05) is 60.7 Å². The summed E-state index contributed by atoms with van der Waals surface area (Å²) in [6.07, 6.45) is 0.811. The van der Waals surface area contributed by atoms with Crippen molar-refractivity contribution in [3.05, 3.63) is 72.3 Å². The third-order valence-electron chi connectivity index (χ3n) is 3.08. The molecule has 3 nitrogen and oxygen atoms in total. The van der Waals surface area contributed by atoms with Crippen molar-refractivity contribution in [2.75, 3.05) is 0 Å². The van der Waals surface area contributed by atoms with Crippen LogP contribution in [0.3, 0.4) is 0 Å². The summed E-state index contributed by atoms with van der Waals surface area (Å²) in [4.78, 5) is 11.2. The predicted molar refractivity (Wildman–Crippen MR) is 80.0 cm³/mol. The summed E-state index contributed by atoms with van der Waals surface area (Å²) < 4.78 is 0. The van der Waals surface area contributed by atoms with E-state index in [-0.39, 0.29) is 0 Å². The zero-order valence-corrected chi connectivity index (χ0v) is 10.7. The maximum Gasteiger partial charge on any atom is 0.152 e. The van der Waals surface area contributed by atoms with E-state index in [1.165, 1.54) is 0 Å². The minimum atomic E-state index is 0.545. The highest BCUT2D eigenvalue weighted by atomic mass is 16.1. The van der Waals surface area contributed by atoms with Crippen LogP contribution < -0.4 is 0 Å². The molecule has 0 amide bonds. The Labute approximate surface area is 116 Å². The van der Waals surface area contributed by atoms with Gasteiger partial charge in [-0.25, -0.2) is 0 Å². The molecule has 0 fully saturated rings. The number of hydrogen-bond donors (Lipinski definition) is 0. The van der Waals surface area contributed by atoms with Gasteiger partial charge in [0, 0.05) is 10.9 Å². The Balaban J connectivity index is 2.14. The number of hydrogen-bond acceptors (Lipinski definition) is 3. The van der Waals surface area contributed by atoms with E-state index < -0.39 is 0 Å².